The van der Waals surface area contributed by atoms with Gasteiger partial charge in [-0.05, 0) is 43.4 Å². The Morgan fingerprint density at radius 3 is 1.08 bits per heavy atom. The maximum Gasteiger partial charge on any atom is 0.0834 e. The standard InChI is InChI=1S/C42H86O10/c1-39(2)18-13-9-7-5-6-8-12-16-23-45-24-17-21-41(20-15-11-10-14-19-40(3)4)42(38-44)52-37-36-51-35-34-50-33-32-49-31-30-48-29-28-47-27-26-46-25-22-43/h39-44H,5-38H2,1-4H3. The van der Waals surface area contributed by atoms with Gasteiger partial charge in [0, 0.05) is 13.2 Å². The highest BCUT2D eigenvalue weighted by Gasteiger charge is 2.21. The second-order valence-electron chi connectivity index (χ2n) is 14.9. The van der Waals surface area contributed by atoms with Crippen molar-refractivity contribution in [2.24, 2.45) is 17.8 Å². The molecule has 0 bridgehead atoms. The predicted octanol–water partition coefficient (Wildman–Crippen LogP) is 8.03. The lowest BCUT2D eigenvalue weighted by Crippen LogP contribution is -2.30. The molecule has 314 valence electrons. The first kappa shape index (κ1) is 51.6. The van der Waals surface area contributed by atoms with E-state index < -0.39 is 0 Å². The van der Waals surface area contributed by atoms with Crippen LogP contribution in [0.3, 0.4) is 0 Å². The highest BCUT2D eigenvalue weighted by molar-refractivity contribution is 4.71. The molecule has 0 spiro atoms. The molecule has 0 saturated heterocycles. The quantitative estimate of drug-likeness (QED) is 0.0593. The van der Waals surface area contributed by atoms with E-state index in [1.54, 1.807) is 0 Å². The van der Waals surface area contributed by atoms with Gasteiger partial charge in [0.2, 0.25) is 0 Å². The van der Waals surface area contributed by atoms with Crippen LogP contribution < -0.4 is 0 Å². The number of ether oxygens (including phenoxy) is 8. The van der Waals surface area contributed by atoms with Crippen LogP contribution in [-0.4, -0.2) is 129 Å². The van der Waals surface area contributed by atoms with E-state index in [0.29, 0.717) is 91.8 Å². The molecule has 2 unspecified atom stereocenters. The molecule has 0 aromatic heterocycles. The Hall–Kier alpha value is -0.400. The molecule has 0 aromatic rings. The summed E-state index contributed by atoms with van der Waals surface area (Å²) in [4.78, 5) is 0. The van der Waals surface area contributed by atoms with E-state index in [-0.39, 0.29) is 19.3 Å². The van der Waals surface area contributed by atoms with E-state index in [2.05, 4.69) is 27.7 Å². The third-order valence-corrected chi connectivity index (χ3v) is 9.15. The predicted molar refractivity (Wildman–Crippen MR) is 211 cm³/mol. The van der Waals surface area contributed by atoms with Gasteiger partial charge >= 0.3 is 0 Å². The maximum absolute atomic E-state index is 10.2. The van der Waals surface area contributed by atoms with Gasteiger partial charge < -0.3 is 48.1 Å². The number of rotatable bonds is 45. The van der Waals surface area contributed by atoms with Crippen molar-refractivity contribution < 1.29 is 48.1 Å². The monoisotopic (exact) mass is 751 g/mol. The van der Waals surface area contributed by atoms with Gasteiger partial charge in [-0.15, -0.1) is 0 Å². The number of unbranched alkanes of at least 4 members (excludes halogenated alkanes) is 10. The minimum Gasteiger partial charge on any atom is -0.394 e. The highest BCUT2D eigenvalue weighted by atomic mass is 16.6. The molecule has 0 saturated carbocycles. The van der Waals surface area contributed by atoms with Crippen LogP contribution in [0.4, 0.5) is 0 Å². The Bertz CT molecular complexity index is 654. The highest BCUT2D eigenvalue weighted by Crippen LogP contribution is 2.23. The smallest absolute Gasteiger partial charge is 0.0834 e. The Kier molecular flexibility index (Phi) is 43.0. The van der Waals surface area contributed by atoms with Crippen LogP contribution in [0.15, 0.2) is 0 Å². The van der Waals surface area contributed by atoms with Crippen LogP contribution in [0, 0.1) is 17.8 Å². The molecule has 10 nitrogen and oxygen atoms in total. The van der Waals surface area contributed by atoms with E-state index >= 15 is 0 Å². The van der Waals surface area contributed by atoms with E-state index in [1.165, 1.54) is 83.5 Å². The Morgan fingerprint density at radius 1 is 0.327 bits per heavy atom. The van der Waals surface area contributed by atoms with Crippen LogP contribution in [0.1, 0.15) is 137 Å². The molecule has 0 heterocycles. The Balaban J connectivity index is 3.97. The lowest BCUT2D eigenvalue weighted by Gasteiger charge is -2.26. The van der Waals surface area contributed by atoms with Crippen LogP contribution >= 0.6 is 0 Å². The third-order valence-electron chi connectivity index (χ3n) is 9.15. The molecule has 2 atom stereocenters. The van der Waals surface area contributed by atoms with Crippen molar-refractivity contribution in [3.8, 4) is 0 Å². The number of hydrogen-bond acceptors (Lipinski definition) is 10. The summed E-state index contributed by atoms with van der Waals surface area (Å²) in [6, 6.07) is 0. The summed E-state index contributed by atoms with van der Waals surface area (Å²) < 4.78 is 44.9. The van der Waals surface area contributed by atoms with Crippen molar-refractivity contribution in [2.75, 3.05) is 112 Å². The fourth-order valence-corrected chi connectivity index (χ4v) is 6.06. The minimum absolute atomic E-state index is 0.0278. The number of aliphatic hydroxyl groups excluding tert-OH is 2. The van der Waals surface area contributed by atoms with Gasteiger partial charge in [0.15, 0.2) is 0 Å². The van der Waals surface area contributed by atoms with Crippen LogP contribution in [0.5, 0.6) is 0 Å². The van der Waals surface area contributed by atoms with E-state index in [9.17, 15) is 5.11 Å². The molecule has 0 aliphatic heterocycles. The number of aliphatic hydroxyl groups is 2. The van der Waals surface area contributed by atoms with Crippen molar-refractivity contribution in [1.29, 1.82) is 0 Å². The van der Waals surface area contributed by atoms with Gasteiger partial charge in [-0.3, -0.25) is 0 Å². The fourth-order valence-electron chi connectivity index (χ4n) is 6.06. The molecular weight excluding hydrogens is 664 g/mol. The molecule has 0 aromatic carbocycles. The summed E-state index contributed by atoms with van der Waals surface area (Å²) in [5.41, 5.74) is 0. The fraction of sp³-hybridized carbons (Fsp3) is 1.00. The molecule has 0 radical (unpaired) electrons. The largest absolute Gasteiger partial charge is 0.394 e. The van der Waals surface area contributed by atoms with Crippen LogP contribution in [-0.2, 0) is 37.9 Å². The number of hydrogen-bond donors (Lipinski definition) is 2. The summed E-state index contributed by atoms with van der Waals surface area (Å²) in [6.07, 6.45) is 21.3. The first-order valence-electron chi connectivity index (χ1n) is 21.4. The van der Waals surface area contributed by atoms with Crippen molar-refractivity contribution in [3.63, 3.8) is 0 Å². The van der Waals surface area contributed by atoms with Gasteiger partial charge in [0.1, 0.15) is 0 Å². The van der Waals surface area contributed by atoms with Crippen molar-refractivity contribution in [1.82, 2.24) is 0 Å². The maximum atomic E-state index is 10.2. The van der Waals surface area contributed by atoms with Crippen LogP contribution in [0.2, 0.25) is 0 Å². The molecule has 0 aliphatic rings. The van der Waals surface area contributed by atoms with E-state index in [0.717, 1.165) is 50.7 Å². The molecule has 2 N–H and O–H groups in total. The molecule has 52 heavy (non-hydrogen) atoms. The molecule has 0 amide bonds. The normalized spacial score (nSPS) is 13.2. The Morgan fingerprint density at radius 2 is 0.654 bits per heavy atom. The average molecular weight is 751 g/mol. The lowest BCUT2D eigenvalue weighted by atomic mass is 9.90. The zero-order valence-corrected chi connectivity index (χ0v) is 34.5. The van der Waals surface area contributed by atoms with Gasteiger partial charge in [-0.1, -0.05) is 111 Å². The van der Waals surface area contributed by atoms with Crippen molar-refractivity contribution in [2.45, 2.75) is 143 Å². The SMILES string of the molecule is CC(C)CCCCCCCCCCOCCCC(CCCCCCC(C)C)C(CO)OCCOCCOCCOCCOCCOCCOCCO. The molecule has 0 fully saturated rings. The van der Waals surface area contributed by atoms with Gasteiger partial charge in [0.05, 0.1) is 105 Å². The van der Waals surface area contributed by atoms with Crippen molar-refractivity contribution in [3.05, 3.63) is 0 Å². The van der Waals surface area contributed by atoms with Crippen molar-refractivity contribution >= 4 is 0 Å². The lowest BCUT2D eigenvalue weighted by molar-refractivity contribution is -0.0582. The van der Waals surface area contributed by atoms with Gasteiger partial charge in [0.25, 0.3) is 0 Å². The summed E-state index contributed by atoms with van der Waals surface area (Å²) in [7, 11) is 0. The second kappa shape index (κ2) is 43.3. The first-order valence-corrected chi connectivity index (χ1v) is 21.4. The third kappa shape index (κ3) is 40.8. The summed E-state index contributed by atoms with van der Waals surface area (Å²) in [5.74, 6) is 1.95. The minimum atomic E-state index is -0.161. The zero-order valence-electron chi connectivity index (χ0n) is 34.5. The summed E-state index contributed by atoms with van der Waals surface area (Å²) >= 11 is 0. The zero-order chi connectivity index (χ0) is 38.0. The second-order valence-corrected chi connectivity index (χ2v) is 14.9. The summed E-state index contributed by atoms with van der Waals surface area (Å²) in [5, 5.41) is 18.9. The van der Waals surface area contributed by atoms with Crippen LogP contribution in [0.25, 0.3) is 0 Å². The van der Waals surface area contributed by atoms with E-state index in [4.69, 9.17) is 43.0 Å². The first-order chi connectivity index (χ1) is 25.5. The molecular formula is C42H86O10. The van der Waals surface area contributed by atoms with Gasteiger partial charge in [-0.2, -0.15) is 0 Å². The Labute approximate surface area is 320 Å². The van der Waals surface area contributed by atoms with Gasteiger partial charge in [-0.25, -0.2) is 0 Å². The topological polar surface area (TPSA) is 114 Å². The summed E-state index contributed by atoms with van der Waals surface area (Å²) in [6.45, 7) is 17.2. The average Bonchev–Trinajstić information content (AvgIpc) is 3.13. The van der Waals surface area contributed by atoms with E-state index in [1.807, 2.05) is 0 Å². The molecule has 10 heteroatoms. The molecule has 0 rings (SSSR count). The molecule has 0 aliphatic carbocycles.